The largest absolute Gasteiger partial charge is 0.419 e. The lowest BCUT2D eigenvalue weighted by atomic mass is 9.93. The molecular formula is C18H16ClNO2. The van der Waals surface area contributed by atoms with Crippen molar-refractivity contribution in [2.45, 2.75) is 12.3 Å². The zero-order chi connectivity index (χ0) is 15.4. The maximum Gasteiger partial charge on any atom is 0.419 e. The molecule has 3 nitrogen and oxygen atoms in total. The zero-order valence-electron chi connectivity index (χ0n) is 12.0. The fraction of sp³-hybridized carbons (Fsp3) is 0.167. The molecule has 3 rings (SSSR count). The molecule has 0 N–H and O–H groups in total. The van der Waals surface area contributed by atoms with E-state index in [-0.39, 0.29) is 12.0 Å². The third-order valence-electron chi connectivity index (χ3n) is 3.65. The topological polar surface area (TPSA) is 29.5 Å². The van der Waals surface area contributed by atoms with E-state index < -0.39 is 0 Å². The number of allylic oxidation sites excluding steroid dienone is 1. The lowest BCUT2D eigenvalue weighted by Gasteiger charge is -2.27. The Morgan fingerprint density at radius 3 is 2.55 bits per heavy atom. The van der Waals surface area contributed by atoms with Crippen LogP contribution in [0.3, 0.4) is 0 Å². The first-order valence-electron chi connectivity index (χ1n) is 7.18. The van der Waals surface area contributed by atoms with Crippen molar-refractivity contribution in [1.29, 1.82) is 0 Å². The Labute approximate surface area is 134 Å². The second-order valence-electron chi connectivity index (χ2n) is 5.20. The van der Waals surface area contributed by atoms with E-state index >= 15 is 0 Å². The Bertz CT molecular complexity index is 667. The van der Waals surface area contributed by atoms with E-state index in [1.165, 1.54) is 5.56 Å². The standard InChI is InChI=1S/C18H16ClNO2/c19-16-10-8-14(9-11-16)15-5-4-12-20(13-15)18(21)22-17-6-2-1-3-7-17/h1-4,6-12,15H,5,13H2/t15-/m1/s1. The van der Waals surface area contributed by atoms with Crippen LogP contribution < -0.4 is 4.74 Å². The number of amides is 1. The molecule has 0 aromatic heterocycles. The first kappa shape index (κ1) is 14.7. The fourth-order valence-corrected chi connectivity index (χ4v) is 2.61. The Hall–Kier alpha value is -2.26. The summed E-state index contributed by atoms with van der Waals surface area (Å²) < 4.78 is 5.37. The van der Waals surface area contributed by atoms with Crippen molar-refractivity contribution in [3.8, 4) is 5.75 Å². The molecule has 1 heterocycles. The predicted molar refractivity (Wildman–Crippen MR) is 87.1 cm³/mol. The third kappa shape index (κ3) is 3.49. The van der Waals surface area contributed by atoms with E-state index in [4.69, 9.17) is 16.3 Å². The molecule has 2 aromatic carbocycles. The van der Waals surface area contributed by atoms with Gasteiger partial charge >= 0.3 is 6.09 Å². The first-order valence-corrected chi connectivity index (χ1v) is 7.56. The van der Waals surface area contributed by atoms with Crippen molar-refractivity contribution < 1.29 is 9.53 Å². The summed E-state index contributed by atoms with van der Waals surface area (Å²) in [6.07, 6.45) is 4.32. The molecule has 0 saturated heterocycles. The van der Waals surface area contributed by atoms with Crippen LogP contribution in [0.4, 0.5) is 4.79 Å². The first-order chi connectivity index (χ1) is 10.7. The van der Waals surface area contributed by atoms with E-state index in [1.54, 1.807) is 23.2 Å². The van der Waals surface area contributed by atoms with E-state index in [0.717, 1.165) is 11.4 Å². The minimum Gasteiger partial charge on any atom is -0.410 e. The van der Waals surface area contributed by atoms with Gasteiger partial charge in [0.1, 0.15) is 5.75 Å². The summed E-state index contributed by atoms with van der Waals surface area (Å²) >= 11 is 5.92. The van der Waals surface area contributed by atoms with Crippen LogP contribution in [0.15, 0.2) is 66.9 Å². The van der Waals surface area contributed by atoms with Crippen molar-refractivity contribution in [2.24, 2.45) is 0 Å². The van der Waals surface area contributed by atoms with Gasteiger partial charge in [-0.25, -0.2) is 4.79 Å². The Balaban J connectivity index is 1.68. The summed E-state index contributed by atoms with van der Waals surface area (Å²) in [5.41, 5.74) is 1.17. The van der Waals surface area contributed by atoms with Crippen molar-refractivity contribution in [3.05, 3.63) is 77.5 Å². The molecule has 1 aliphatic heterocycles. The second kappa shape index (κ2) is 6.67. The molecular weight excluding hydrogens is 298 g/mol. The summed E-state index contributed by atoms with van der Waals surface area (Å²) in [6, 6.07) is 16.9. The summed E-state index contributed by atoms with van der Waals surface area (Å²) in [6.45, 7) is 0.601. The SMILES string of the molecule is O=C(Oc1ccccc1)N1C=CC[C@@H](c2ccc(Cl)cc2)C1. The molecule has 0 unspecified atom stereocenters. The van der Waals surface area contributed by atoms with Crippen LogP contribution in [0.25, 0.3) is 0 Å². The molecule has 1 atom stereocenters. The van der Waals surface area contributed by atoms with Gasteiger partial charge in [-0.3, -0.25) is 4.90 Å². The Kier molecular flexibility index (Phi) is 4.45. The maximum absolute atomic E-state index is 12.2. The van der Waals surface area contributed by atoms with Crippen molar-refractivity contribution in [3.63, 3.8) is 0 Å². The number of para-hydroxylation sites is 1. The molecule has 22 heavy (non-hydrogen) atoms. The van der Waals surface area contributed by atoms with Gasteiger partial charge < -0.3 is 4.74 Å². The van der Waals surface area contributed by atoms with Crippen LogP contribution in [-0.2, 0) is 0 Å². The van der Waals surface area contributed by atoms with Crippen molar-refractivity contribution >= 4 is 17.7 Å². The lowest BCUT2D eigenvalue weighted by molar-refractivity contribution is 0.165. The van der Waals surface area contributed by atoms with Gasteiger partial charge in [-0.2, -0.15) is 0 Å². The number of rotatable bonds is 2. The summed E-state index contributed by atoms with van der Waals surface area (Å²) in [4.78, 5) is 13.8. The summed E-state index contributed by atoms with van der Waals surface area (Å²) in [7, 11) is 0. The molecule has 0 aliphatic carbocycles. The van der Waals surface area contributed by atoms with Gasteiger partial charge in [0, 0.05) is 23.7 Å². The van der Waals surface area contributed by atoms with Gasteiger partial charge in [0.15, 0.2) is 0 Å². The molecule has 0 saturated carbocycles. The Morgan fingerprint density at radius 1 is 1.09 bits per heavy atom. The molecule has 0 bridgehead atoms. The van der Waals surface area contributed by atoms with Gasteiger partial charge in [-0.1, -0.05) is 48.0 Å². The molecule has 1 aliphatic rings. The van der Waals surface area contributed by atoms with Crippen LogP contribution in [-0.4, -0.2) is 17.5 Å². The minimum absolute atomic E-state index is 0.255. The van der Waals surface area contributed by atoms with E-state index in [0.29, 0.717) is 12.3 Å². The van der Waals surface area contributed by atoms with E-state index in [2.05, 4.69) is 0 Å². The second-order valence-corrected chi connectivity index (χ2v) is 5.64. The number of benzene rings is 2. The highest BCUT2D eigenvalue weighted by molar-refractivity contribution is 6.30. The maximum atomic E-state index is 12.2. The van der Waals surface area contributed by atoms with E-state index in [9.17, 15) is 4.79 Å². The number of hydrogen-bond acceptors (Lipinski definition) is 2. The number of halogens is 1. The van der Waals surface area contributed by atoms with Gasteiger partial charge in [-0.15, -0.1) is 0 Å². The van der Waals surface area contributed by atoms with Crippen LogP contribution in [0, 0.1) is 0 Å². The average molecular weight is 314 g/mol. The van der Waals surface area contributed by atoms with Gasteiger partial charge in [-0.05, 0) is 36.2 Å². The van der Waals surface area contributed by atoms with Crippen LogP contribution in [0.1, 0.15) is 17.9 Å². The summed E-state index contributed by atoms with van der Waals surface area (Å²) in [5, 5.41) is 0.718. The zero-order valence-corrected chi connectivity index (χ0v) is 12.7. The van der Waals surface area contributed by atoms with Crippen molar-refractivity contribution in [2.75, 3.05) is 6.54 Å². The number of ether oxygens (including phenoxy) is 1. The quantitative estimate of drug-likeness (QED) is 0.793. The van der Waals surface area contributed by atoms with Gasteiger partial charge in [0.05, 0.1) is 0 Å². The average Bonchev–Trinajstić information content (AvgIpc) is 2.56. The summed E-state index contributed by atoms with van der Waals surface area (Å²) in [5.74, 6) is 0.806. The third-order valence-corrected chi connectivity index (χ3v) is 3.90. The molecule has 0 fully saturated rings. The molecule has 4 heteroatoms. The molecule has 0 spiro atoms. The van der Waals surface area contributed by atoms with Crippen LogP contribution in [0.5, 0.6) is 5.75 Å². The molecule has 0 radical (unpaired) electrons. The number of carbonyl (C=O) groups excluding carboxylic acids is 1. The Morgan fingerprint density at radius 2 is 1.82 bits per heavy atom. The molecule has 112 valence electrons. The fourth-order valence-electron chi connectivity index (χ4n) is 2.49. The van der Waals surface area contributed by atoms with Gasteiger partial charge in [0.2, 0.25) is 0 Å². The van der Waals surface area contributed by atoms with Gasteiger partial charge in [0.25, 0.3) is 0 Å². The highest BCUT2D eigenvalue weighted by Gasteiger charge is 2.22. The smallest absolute Gasteiger partial charge is 0.410 e. The van der Waals surface area contributed by atoms with Crippen LogP contribution >= 0.6 is 11.6 Å². The highest BCUT2D eigenvalue weighted by Crippen LogP contribution is 2.27. The number of hydrogen-bond donors (Lipinski definition) is 0. The van der Waals surface area contributed by atoms with E-state index in [1.807, 2.05) is 48.5 Å². The van der Waals surface area contributed by atoms with Crippen molar-refractivity contribution in [1.82, 2.24) is 4.90 Å². The highest BCUT2D eigenvalue weighted by atomic mass is 35.5. The lowest BCUT2D eigenvalue weighted by Crippen LogP contribution is -2.34. The normalized spacial score (nSPS) is 17.3. The van der Waals surface area contributed by atoms with Crippen LogP contribution in [0.2, 0.25) is 5.02 Å². The molecule has 1 amide bonds. The minimum atomic E-state index is -0.360. The molecule has 2 aromatic rings. The predicted octanol–water partition coefficient (Wildman–Crippen LogP) is 4.84. The monoisotopic (exact) mass is 313 g/mol. The number of carbonyl (C=O) groups is 1. The number of nitrogens with zero attached hydrogens (tertiary/aromatic N) is 1.